The van der Waals surface area contributed by atoms with Gasteiger partial charge in [-0.1, -0.05) is 0 Å². The Balaban J connectivity index is 1.32. The van der Waals surface area contributed by atoms with Gasteiger partial charge in [-0.05, 0) is 81.1 Å². The molecule has 1 amide bonds. The maximum absolute atomic E-state index is 14.8. The minimum Gasteiger partial charge on any atom is -0.391 e. The molecular weight excluding hydrogens is 501 g/mol. The summed E-state index contributed by atoms with van der Waals surface area (Å²) in [5, 5.41) is 34.0. The van der Waals surface area contributed by atoms with E-state index in [0.29, 0.717) is 28.9 Å². The summed E-state index contributed by atoms with van der Waals surface area (Å²) in [5.74, 6) is -0.684. The van der Waals surface area contributed by atoms with E-state index in [-0.39, 0.29) is 23.3 Å². The van der Waals surface area contributed by atoms with Crippen molar-refractivity contribution in [1.82, 2.24) is 39.6 Å². The second-order valence-corrected chi connectivity index (χ2v) is 10.1. The Labute approximate surface area is 223 Å². The van der Waals surface area contributed by atoms with Gasteiger partial charge in [0.1, 0.15) is 5.82 Å². The van der Waals surface area contributed by atoms with Gasteiger partial charge in [0.15, 0.2) is 0 Å². The molecule has 0 spiro atoms. The lowest BCUT2D eigenvalue weighted by molar-refractivity contribution is 0.102. The van der Waals surface area contributed by atoms with Crippen molar-refractivity contribution in [2.24, 2.45) is 0 Å². The molecule has 11 nitrogen and oxygen atoms in total. The van der Waals surface area contributed by atoms with Crippen LogP contribution in [-0.2, 0) is 6.54 Å². The average molecular weight is 530 g/mol. The highest BCUT2D eigenvalue weighted by molar-refractivity contribution is 6.09. The highest BCUT2D eigenvalue weighted by atomic mass is 19.1. The average Bonchev–Trinajstić information content (AvgIpc) is 3.34. The lowest BCUT2D eigenvalue weighted by atomic mass is 10.0. The molecule has 1 saturated carbocycles. The molecule has 200 valence electrons. The van der Waals surface area contributed by atoms with Crippen molar-refractivity contribution in [3.63, 3.8) is 0 Å². The van der Waals surface area contributed by atoms with Crippen molar-refractivity contribution in [2.45, 2.75) is 59.2 Å². The van der Waals surface area contributed by atoms with E-state index in [4.69, 9.17) is 0 Å². The van der Waals surface area contributed by atoms with Gasteiger partial charge < -0.3 is 10.4 Å². The molecule has 1 fully saturated rings. The number of fused-ring (bicyclic) bond motifs is 1. The zero-order valence-corrected chi connectivity index (χ0v) is 22.1. The van der Waals surface area contributed by atoms with Crippen LogP contribution in [0, 0.1) is 26.6 Å². The number of aliphatic hydroxyl groups is 1. The van der Waals surface area contributed by atoms with Gasteiger partial charge in [0.2, 0.25) is 5.82 Å². The standard InChI is InChI=1S/C27H28FN9O2/c1-14-9-22(28)20(26-31-34-37(33-26)19-5-6-19)11-23(14)30-27(39)21-12-29-35-8-7-18(10-24(21)35)25-16(3)32-36(17(25)4)13-15(2)38/h7-12,15,19,38H,5-6,13H2,1-4H3,(H,30,39). The number of halogens is 1. The smallest absolute Gasteiger partial charge is 0.259 e. The zero-order chi connectivity index (χ0) is 27.4. The number of carbonyl (C=O) groups excluding carboxylic acids is 1. The van der Waals surface area contributed by atoms with Crippen LogP contribution in [0.3, 0.4) is 0 Å². The molecule has 4 heterocycles. The Hall–Kier alpha value is -4.45. The molecule has 0 saturated heterocycles. The number of pyridine rings is 1. The maximum atomic E-state index is 14.8. The number of benzene rings is 1. The first-order chi connectivity index (χ1) is 18.7. The molecule has 1 atom stereocenters. The van der Waals surface area contributed by atoms with Crippen LogP contribution in [0.4, 0.5) is 10.1 Å². The molecule has 0 radical (unpaired) electrons. The van der Waals surface area contributed by atoms with Crippen LogP contribution in [0.25, 0.3) is 28.0 Å². The van der Waals surface area contributed by atoms with Gasteiger partial charge in [-0.25, -0.2) is 8.91 Å². The summed E-state index contributed by atoms with van der Waals surface area (Å²) in [7, 11) is 0. The minimum absolute atomic E-state index is 0.171. The summed E-state index contributed by atoms with van der Waals surface area (Å²) in [6.45, 7) is 7.71. The molecular formula is C27H28FN9O2. The van der Waals surface area contributed by atoms with E-state index in [0.717, 1.165) is 35.4 Å². The molecule has 2 N–H and O–H groups in total. The SMILES string of the molecule is Cc1cc(F)c(-c2nnn(C3CC3)n2)cc1NC(=O)c1cnn2ccc(-c3c(C)nn(CC(C)O)c3C)cc12. The van der Waals surface area contributed by atoms with Crippen LogP contribution in [0.2, 0.25) is 0 Å². The van der Waals surface area contributed by atoms with E-state index in [1.165, 1.54) is 23.1 Å². The van der Waals surface area contributed by atoms with E-state index in [2.05, 4.69) is 30.9 Å². The lowest BCUT2D eigenvalue weighted by Gasteiger charge is -2.11. The molecule has 0 aliphatic heterocycles. The number of rotatable bonds is 7. The lowest BCUT2D eigenvalue weighted by Crippen LogP contribution is -2.14. The summed E-state index contributed by atoms with van der Waals surface area (Å²) >= 11 is 0. The summed E-state index contributed by atoms with van der Waals surface area (Å²) in [6.07, 6.45) is 4.74. The fourth-order valence-electron chi connectivity index (χ4n) is 4.82. The molecule has 0 bridgehead atoms. The molecule has 6 rings (SSSR count). The molecule has 5 aromatic rings. The number of amides is 1. The van der Waals surface area contributed by atoms with Gasteiger partial charge in [-0.2, -0.15) is 15.0 Å². The largest absolute Gasteiger partial charge is 0.391 e. The van der Waals surface area contributed by atoms with Gasteiger partial charge in [0.25, 0.3) is 5.91 Å². The molecule has 1 aromatic carbocycles. The molecule has 1 aliphatic rings. The van der Waals surface area contributed by atoms with Gasteiger partial charge in [-0.15, -0.1) is 10.2 Å². The number of nitrogens with zero attached hydrogens (tertiary/aromatic N) is 8. The number of hydrogen-bond donors (Lipinski definition) is 2. The second kappa shape index (κ2) is 9.38. The van der Waals surface area contributed by atoms with E-state index in [9.17, 15) is 14.3 Å². The zero-order valence-electron chi connectivity index (χ0n) is 22.1. The van der Waals surface area contributed by atoms with Crippen molar-refractivity contribution >= 4 is 17.1 Å². The van der Waals surface area contributed by atoms with Crippen LogP contribution in [0.15, 0.2) is 36.7 Å². The van der Waals surface area contributed by atoms with Gasteiger partial charge in [-0.3, -0.25) is 9.48 Å². The van der Waals surface area contributed by atoms with Crippen LogP contribution in [0.5, 0.6) is 0 Å². The summed E-state index contributed by atoms with van der Waals surface area (Å²) in [6, 6.07) is 6.93. The third kappa shape index (κ3) is 4.56. The Morgan fingerprint density at radius 1 is 1.21 bits per heavy atom. The van der Waals surface area contributed by atoms with Crippen molar-refractivity contribution in [2.75, 3.05) is 5.32 Å². The number of carbonyl (C=O) groups is 1. The molecule has 12 heteroatoms. The molecule has 1 unspecified atom stereocenters. The maximum Gasteiger partial charge on any atom is 0.259 e. The Kier molecular flexibility index (Phi) is 5.98. The van der Waals surface area contributed by atoms with E-state index in [1.54, 1.807) is 29.2 Å². The summed E-state index contributed by atoms with van der Waals surface area (Å²) < 4.78 is 18.3. The minimum atomic E-state index is -0.528. The number of tetrazole rings is 1. The summed E-state index contributed by atoms with van der Waals surface area (Å²) in [4.78, 5) is 14.9. The fraction of sp³-hybridized carbons (Fsp3) is 0.333. The third-order valence-electron chi connectivity index (χ3n) is 6.98. The Bertz CT molecular complexity index is 1730. The number of hydrogen-bond acceptors (Lipinski definition) is 7. The first kappa shape index (κ1) is 24.9. The number of anilines is 1. The van der Waals surface area contributed by atoms with Gasteiger partial charge >= 0.3 is 0 Å². The third-order valence-corrected chi connectivity index (χ3v) is 6.98. The van der Waals surface area contributed by atoms with E-state index >= 15 is 0 Å². The normalized spacial score (nSPS) is 14.2. The van der Waals surface area contributed by atoms with E-state index < -0.39 is 11.9 Å². The van der Waals surface area contributed by atoms with Crippen molar-refractivity contribution in [3.05, 3.63) is 65.0 Å². The fourth-order valence-corrected chi connectivity index (χ4v) is 4.82. The molecule has 39 heavy (non-hydrogen) atoms. The number of aromatic nitrogens is 8. The van der Waals surface area contributed by atoms with Crippen molar-refractivity contribution in [3.8, 4) is 22.5 Å². The number of aryl methyl sites for hydroxylation is 2. The predicted octanol–water partition coefficient (Wildman–Crippen LogP) is 3.88. The second-order valence-electron chi connectivity index (χ2n) is 10.1. The van der Waals surface area contributed by atoms with Crippen LogP contribution in [-0.4, -0.2) is 56.7 Å². The molecule has 4 aromatic heterocycles. The van der Waals surface area contributed by atoms with Gasteiger partial charge in [0, 0.05) is 23.1 Å². The van der Waals surface area contributed by atoms with Crippen molar-refractivity contribution in [1.29, 1.82) is 0 Å². The molecule has 1 aliphatic carbocycles. The van der Waals surface area contributed by atoms with Crippen LogP contribution >= 0.6 is 0 Å². The topological polar surface area (TPSA) is 128 Å². The highest BCUT2D eigenvalue weighted by Gasteiger charge is 2.27. The first-order valence-corrected chi connectivity index (χ1v) is 12.8. The highest BCUT2D eigenvalue weighted by Crippen LogP contribution is 2.34. The first-order valence-electron chi connectivity index (χ1n) is 12.8. The van der Waals surface area contributed by atoms with E-state index in [1.807, 2.05) is 26.0 Å². The Morgan fingerprint density at radius 2 is 2.00 bits per heavy atom. The summed E-state index contributed by atoms with van der Waals surface area (Å²) in [5.41, 5.74) is 5.73. The quantitative estimate of drug-likeness (QED) is 0.327. The van der Waals surface area contributed by atoms with Crippen molar-refractivity contribution < 1.29 is 14.3 Å². The Morgan fingerprint density at radius 3 is 2.74 bits per heavy atom. The monoisotopic (exact) mass is 529 g/mol. The van der Waals surface area contributed by atoms with Crippen LogP contribution < -0.4 is 5.32 Å². The number of nitrogens with one attached hydrogen (secondary N) is 1. The van der Waals surface area contributed by atoms with Gasteiger partial charge in [0.05, 0.1) is 47.2 Å². The number of aliphatic hydroxyl groups excluding tert-OH is 1. The van der Waals surface area contributed by atoms with Crippen LogP contribution in [0.1, 0.15) is 53.1 Å². The predicted molar refractivity (Wildman–Crippen MR) is 142 cm³/mol.